The smallest absolute Gasteiger partial charge is 0.412 e. The molecule has 0 unspecified atom stereocenters. The third-order valence-corrected chi connectivity index (χ3v) is 5.28. The molecule has 0 bridgehead atoms. The van der Waals surface area contributed by atoms with Crippen LogP contribution in [0.3, 0.4) is 0 Å². The molecule has 0 saturated heterocycles. The first-order chi connectivity index (χ1) is 16.5. The number of hydrogen-bond donors (Lipinski definition) is 3. The molecular weight excluding hydrogens is 610 g/mol. The molecule has 0 spiro atoms. The van der Waals surface area contributed by atoms with Crippen molar-refractivity contribution in [2.24, 2.45) is 0 Å². The van der Waals surface area contributed by atoms with E-state index in [1.54, 1.807) is 22.6 Å². The molecule has 3 rings (SSSR count). The molecule has 0 aliphatic carbocycles. The van der Waals surface area contributed by atoms with Gasteiger partial charge in [-0.3, -0.25) is 9.32 Å². The fourth-order valence-corrected chi connectivity index (χ4v) is 3.34. The lowest BCUT2D eigenvalue weighted by molar-refractivity contribution is -0.116. The van der Waals surface area contributed by atoms with Gasteiger partial charge in [0.15, 0.2) is 18.4 Å². The van der Waals surface area contributed by atoms with Crippen LogP contribution in [0, 0.1) is 23.0 Å². The number of phosphoric ester groups is 1. The van der Waals surface area contributed by atoms with Crippen molar-refractivity contribution < 1.29 is 46.7 Å². The Morgan fingerprint density at radius 1 is 1.34 bits per heavy atom. The minimum Gasteiger partial charge on any atom is -0.412 e. The number of fused-ring (bicyclic) bond motifs is 1. The summed E-state index contributed by atoms with van der Waals surface area (Å²) in [6.45, 7) is -1.43. The molecule has 2 heterocycles. The van der Waals surface area contributed by atoms with Gasteiger partial charge in [-0.15, -0.1) is 0 Å². The average Bonchev–Trinajstić information content (AvgIpc) is 3.26. The molecule has 35 heavy (non-hydrogen) atoms. The highest BCUT2D eigenvalue weighted by Crippen LogP contribution is 2.37. The predicted octanol–water partition coefficient (Wildman–Crippen LogP) is 2.66. The van der Waals surface area contributed by atoms with Crippen LogP contribution in [0.25, 0.3) is 11.0 Å². The van der Waals surface area contributed by atoms with Gasteiger partial charge in [-0.1, -0.05) is 22.6 Å². The molecule has 17 heteroatoms. The molecule has 1 aromatic carbocycles. The fourth-order valence-electron chi connectivity index (χ4n) is 2.62. The maximum absolute atomic E-state index is 14.4. The van der Waals surface area contributed by atoms with E-state index in [0.29, 0.717) is 6.07 Å². The normalized spacial score (nSPS) is 11.2. The van der Waals surface area contributed by atoms with Crippen LogP contribution < -0.4 is 9.64 Å². The summed E-state index contributed by atoms with van der Waals surface area (Å²) in [4.78, 5) is 52.9. The molecule has 3 N–H and O–H groups in total. The Hall–Kier alpha value is -3.23. The Kier molecular flexibility index (Phi) is 8.30. The first-order valence-electron chi connectivity index (χ1n) is 9.16. The van der Waals surface area contributed by atoms with Crippen molar-refractivity contribution in [2.45, 2.75) is 6.61 Å². The van der Waals surface area contributed by atoms with E-state index in [2.05, 4.69) is 19.5 Å². The van der Waals surface area contributed by atoms with Crippen LogP contribution in [-0.2, 0) is 25.2 Å². The molecule has 0 saturated carbocycles. The van der Waals surface area contributed by atoms with Gasteiger partial charge in [0, 0.05) is 11.8 Å². The number of aromatic nitrogens is 3. The van der Waals surface area contributed by atoms with E-state index in [4.69, 9.17) is 24.5 Å². The van der Waals surface area contributed by atoms with E-state index in [-0.39, 0.29) is 21.8 Å². The highest BCUT2D eigenvalue weighted by Gasteiger charge is 2.25. The topological polar surface area (TPSA) is 188 Å². The van der Waals surface area contributed by atoms with Crippen molar-refractivity contribution in [2.75, 3.05) is 16.1 Å². The van der Waals surface area contributed by atoms with E-state index in [1.165, 1.54) is 24.4 Å². The predicted molar refractivity (Wildman–Crippen MR) is 120 cm³/mol. The summed E-state index contributed by atoms with van der Waals surface area (Å²) in [5.41, 5.74) is -1.52. The number of carbonyl (C=O) groups is 2. The van der Waals surface area contributed by atoms with Crippen molar-refractivity contribution in [3.63, 3.8) is 0 Å². The van der Waals surface area contributed by atoms with Gasteiger partial charge >= 0.3 is 14.0 Å². The third-order valence-electron chi connectivity index (χ3n) is 4.17. The number of benzene rings is 1. The lowest BCUT2D eigenvalue weighted by atomic mass is 10.2. The highest BCUT2D eigenvalue weighted by molar-refractivity contribution is 14.1. The second-order valence-electron chi connectivity index (χ2n) is 6.43. The molecule has 3 aromatic rings. The zero-order chi connectivity index (χ0) is 25.8. The van der Waals surface area contributed by atoms with Crippen LogP contribution >= 0.6 is 30.4 Å². The summed E-state index contributed by atoms with van der Waals surface area (Å²) in [5, 5.41) is 8.92. The van der Waals surface area contributed by atoms with Crippen LogP contribution in [0.2, 0.25) is 0 Å². The minimum atomic E-state index is -4.81. The van der Waals surface area contributed by atoms with Gasteiger partial charge in [0.1, 0.15) is 17.1 Å². The largest absolute Gasteiger partial charge is 0.516 e. The standard InChI is InChI=1S/C18H13F2IN5O8P/c19-11-4-10(6-22)13(20)15-14(11)24-17(25-15)26(12(27)5-21)8-32-18(28)34-16-9(2-1-3-23-16)7-33-35(29,30)31/h1-4H,5,7-8H2,(H,24,25)(H2,29,30,31). The zero-order valence-corrected chi connectivity index (χ0v) is 20.2. The first-order valence-corrected chi connectivity index (χ1v) is 12.2. The van der Waals surface area contributed by atoms with Crippen LogP contribution in [-0.4, -0.2) is 48.0 Å². The number of nitrogens with zero attached hydrogens (tertiary/aromatic N) is 4. The summed E-state index contributed by atoms with van der Waals surface area (Å²) in [6, 6.07) is 4.87. The fraction of sp³-hybridized carbons (Fsp3) is 0.167. The minimum absolute atomic E-state index is 0.00417. The molecule has 2 aromatic heterocycles. The maximum atomic E-state index is 14.4. The number of H-pyrrole nitrogens is 1. The number of imidazole rings is 1. The number of amides is 1. The number of aromatic amines is 1. The third kappa shape index (κ3) is 6.46. The number of halogens is 3. The molecule has 0 aliphatic heterocycles. The van der Waals surface area contributed by atoms with Crippen molar-refractivity contribution in [3.8, 4) is 11.9 Å². The van der Waals surface area contributed by atoms with E-state index >= 15 is 0 Å². The molecule has 184 valence electrons. The van der Waals surface area contributed by atoms with Crippen molar-refractivity contribution in [1.82, 2.24) is 15.0 Å². The summed E-state index contributed by atoms with van der Waals surface area (Å²) < 4.78 is 53.5. The number of alkyl halides is 1. The Balaban J connectivity index is 1.78. The average molecular weight is 623 g/mol. The van der Waals surface area contributed by atoms with Crippen LogP contribution in [0.1, 0.15) is 11.1 Å². The number of ether oxygens (including phenoxy) is 2. The van der Waals surface area contributed by atoms with Crippen LogP contribution in [0.15, 0.2) is 24.4 Å². The van der Waals surface area contributed by atoms with Gasteiger partial charge in [-0.2, -0.15) is 5.26 Å². The number of rotatable bonds is 8. The Morgan fingerprint density at radius 3 is 2.74 bits per heavy atom. The molecule has 0 atom stereocenters. The second kappa shape index (κ2) is 11.0. The van der Waals surface area contributed by atoms with Crippen molar-refractivity contribution in [1.29, 1.82) is 5.26 Å². The Morgan fingerprint density at radius 2 is 2.09 bits per heavy atom. The molecule has 0 radical (unpaired) electrons. The molecular formula is C18H13F2IN5O8P. The summed E-state index contributed by atoms with van der Waals surface area (Å²) >= 11 is 1.71. The van der Waals surface area contributed by atoms with Gasteiger partial charge in [0.2, 0.25) is 17.7 Å². The monoisotopic (exact) mass is 623 g/mol. The zero-order valence-electron chi connectivity index (χ0n) is 17.1. The SMILES string of the molecule is N#Cc1cc(F)c2nc(N(COC(=O)Oc3ncccc3COP(=O)(O)O)C(=O)CI)[nH]c2c1F. The van der Waals surface area contributed by atoms with Gasteiger partial charge in [-0.25, -0.2) is 33.0 Å². The van der Waals surface area contributed by atoms with E-state index in [9.17, 15) is 22.9 Å². The lowest BCUT2D eigenvalue weighted by Crippen LogP contribution is -2.36. The summed E-state index contributed by atoms with van der Waals surface area (Å²) in [6.07, 6.45) is -0.143. The second-order valence-corrected chi connectivity index (χ2v) is 8.43. The van der Waals surface area contributed by atoms with E-state index in [1.807, 2.05) is 0 Å². The quantitative estimate of drug-likeness (QED) is 0.110. The molecule has 1 amide bonds. The number of pyridine rings is 1. The van der Waals surface area contributed by atoms with Crippen molar-refractivity contribution >= 4 is 59.5 Å². The summed E-state index contributed by atoms with van der Waals surface area (Å²) in [7, 11) is -4.81. The first kappa shape index (κ1) is 26.4. The van der Waals surface area contributed by atoms with Gasteiger partial charge in [-0.05, 0) is 18.2 Å². The van der Waals surface area contributed by atoms with Crippen LogP contribution in [0.4, 0.5) is 19.5 Å². The van der Waals surface area contributed by atoms with Crippen molar-refractivity contribution in [3.05, 3.63) is 47.2 Å². The molecule has 0 fully saturated rings. The number of carbonyl (C=O) groups excluding carboxylic acids is 2. The number of anilines is 1. The van der Waals surface area contributed by atoms with Crippen LogP contribution in [0.5, 0.6) is 5.88 Å². The molecule has 13 nitrogen and oxygen atoms in total. The Labute approximate surface area is 208 Å². The van der Waals surface area contributed by atoms with Gasteiger partial charge < -0.3 is 24.2 Å². The maximum Gasteiger partial charge on any atom is 0.516 e. The highest BCUT2D eigenvalue weighted by atomic mass is 127. The molecule has 0 aliphatic rings. The summed E-state index contributed by atoms with van der Waals surface area (Å²) in [5.74, 6) is -3.49. The number of phosphoric acid groups is 1. The number of nitrogens with one attached hydrogen (secondary N) is 1. The lowest BCUT2D eigenvalue weighted by Gasteiger charge is -2.18. The number of nitriles is 1. The van der Waals surface area contributed by atoms with Gasteiger partial charge in [0.05, 0.1) is 16.6 Å². The van der Waals surface area contributed by atoms with Gasteiger partial charge in [0.25, 0.3) is 0 Å². The van der Waals surface area contributed by atoms with E-state index < -0.39 is 61.5 Å². The number of hydrogen-bond acceptors (Lipinski definition) is 9. The Bertz CT molecular complexity index is 1370. The van der Waals surface area contributed by atoms with E-state index in [0.717, 1.165) is 4.90 Å².